The Bertz CT molecular complexity index is 549. The Morgan fingerprint density at radius 2 is 1.95 bits per heavy atom. The van der Waals surface area contributed by atoms with Crippen LogP contribution in [0.1, 0.15) is 30.6 Å². The second kappa shape index (κ2) is 6.11. The van der Waals surface area contributed by atoms with Gasteiger partial charge in [0, 0.05) is 19.2 Å². The molecule has 1 aromatic rings. The van der Waals surface area contributed by atoms with Crippen molar-refractivity contribution in [1.82, 2.24) is 0 Å². The molecular formula is C15H20N2O4. The Hall–Kier alpha value is -2.11. The zero-order valence-electron chi connectivity index (χ0n) is 12.5. The van der Waals surface area contributed by atoms with E-state index in [0.717, 1.165) is 19.5 Å². The van der Waals surface area contributed by atoms with Crippen LogP contribution in [0.2, 0.25) is 0 Å². The molecule has 1 saturated heterocycles. The van der Waals surface area contributed by atoms with E-state index in [2.05, 4.69) is 18.6 Å². The molecule has 2 rings (SSSR count). The van der Waals surface area contributed by atoms with Crippen LogP contribution >= 0.6 is 0 Å². The molecule has 21 heavy (non-hydrogen) atoms. The third-order valence-corrected chi connectivity index (χ3v) is 3.80. The molecule has 0 aromatic heterocycles. The van der Waals surface area contributed by atoms with Crippen LogP contribution in [0.3, 0.4) is 0 Å². The minimum atomic E-state index is -0.565. The number of nitro benzene ring substituents is 1. The Balaban J connectivity index is 2.38. The van der Waals surface area contributed by atoms with E-state index in [0.29, 0.717) is 17.5 Å². The number of piperidine rings is 1. The molecule has 2 atom stereocenters. The van der Waals surface area contributed by atoms with E-state index in [1.165, 1.54) is 13.2 Å². The van der Waals surface area contributed by atoms with Gasteiger partial charge in [0.05, 0.1) is 17.6 Å². The number of benzene rings is 1. The normalized spacial score (nSPS) is 22.0. The highest BCUT2D eigenvalue weighted by atomic mass is 16.6. The molecule has 0 N–H and O–H groups in total. The van der Waals surface area contributed by atoms with Gasteiger partial charge in [0.25, 0.3) is 5.69 Å². The van der Waals surface area contributed by atoms with Crippen molar-refractivity contribution in [3.05, 3.63) is 33.9 Å². The third-order valence-electron chi connectivity index (χ3n) is 3.80. The minimum absolute atomic E-state index is 0.0424. The summed E-state index contributed by atoms with van der Waals surface area (Å²) in [6.45, 7) is 5.89. The van der Waals surface area contributed by atoms with Crippen molar-refractivity contribution in [2.75, 3.05) is 25.1 Å². The van der Waals surface area contributed by atoms with Crippen LogP contribution in [0.4, 0.5) is 11.4 Å². The van der Waals surface area contributed by atoms with Crippen molar-refractivity contribution < 1.29 is 14.5 Å². The van der Waals surface area contributed by atoms with Crippen molar-refractivity contribution in [3.8, 4) is 0 Å². The summed E-state index contributed by atoms with van der Waals surface area (Å²) >= 11 is 0. The maximum Gasteiger partial charge on any atom is 0.338 e. The Morgan fingerprint density at radius 1 is 1.33 bits per heavy atom. The molecule has 114 valence electrons. The topological polar surface area (TPSA) is 72.7 Å². The fraction of sp³-hybridized carbons (Fsp3) is 0.533. The molecule has 0 aliphatic carbocycles. The first-order valence-corrected chi connectivity index (χ1v) is 7.04. The second-order valence-electron chi connectivity index (χ2n) is 5.80. The lowest BCUT2D eigenvalue weighted by atomic mass is 9.91. The number of carbonyl (C=O) groups excluding carboxylic acids is 1. The SMILES string of the molecule is COC(=O)c1ccc(N2C[C@H](C)C[C@@H](C)C2)c([N+](=O)[O-])c1. The van der Waals surface area contributed by atoms with Gasteiger partial charge in [-0.1, -0.05) is 13.8 Å². The van der Waals surface area contributed by atoms with Gasteiger partial charge in [0.1, 0.15) is 5.69 Å². The highest BCUT2D eigenvalue weighted by Crippen LogP contribution is 2.33. The van der Waals surface area contributed by atoms with Gasteiger partial charge in [0.15, 0.2) is 0 Å². The number of hydrogen-bond donors (Lipinski definition) is 0. The van der Waals surface area contributed by atoms with Crippen LogP contribution in [0.25, 0.3) is 0 Å². The summed E-state index contributed by atoms with van der Waals surface area (Å²) in [6, 6.07) is 4.53. The third kappa shape index (κ3) is 3.32. The molecule has 1 aliphatic heterocycles. The monoisotopic (exact) mass is 292 g/mol. The van der Waals surface area contributed by atoms with Crippen molar-refractivity contribution in [1.29, 1.82) is 0 Å². The molecule has 0 spiro atoms. The predicted octanol–water partition coefficient (Wildman–Crippen LogP) is 2.86. The summed E-state index contributed by atoms with van der Waals surface area (Å²) in [5.41, 5.74) is 0.733. The highest BCUT2D eigenvalue weighted by Gasteiger charge is 2.27. The van der Waals surface area contributed by atoms with Crippen molar-refractivity contribution in [2.45, 2.75) is 20.3 Å². The number of methoxy groups -OCH3 is 1. The Labute approximate surface area is 123 Å². The average Bonchev–Trinajstić information content (AvgIpc) is 2.44. The molecule has 0 bridgehead atoms. The highest BCUT2D eigenvalue weighted by molar-refractivity contribution is 5.91. The maximum atomic E-state index is 11.5. The average molecular weight is 292 g/mol. The first-order chi connectivity index (χ1) is 9.92. The van der Waals surface area contributed by atoms with E-state index in [4.69, 9.17) is 0 Å². The van der Waals surface area contributed by atoms with Crippen LogP contribution in [0.15, 0.2) is 18.2 Å². The largest absolute Gasteiger partial charge is 0.465 e. The van der Waals surface area contributed by atoms with Crippen LogP contribution < -0.4 is 4.90 Å². The van der Waals surface area contributed by atoms with Crippen LogP contribution in [-0.4, -0.2) is 31.1 Å². The lowest BCUT2D eigenvalue weighted by molar-refractivity contribution is -0.384. The second-order valence-corrected chi connectivity index (χ2v) is 5.80. The first kappa shape index (κ1) is 15.3. The number of esters is 1. The van der Waals surface area contributed by atoms with Crippen molar-refractivity contribution in [3.63, 3.8) is 0 Å². The van der Waals surface area contributed by atoms with Gasteiger partial charge in [0.2, 0.25) is 0 Å². The molecule has 1 heterocycles. The van der Waals surface area contributed by atoms with Gasteiger partial charge in [-0.05, 0) is 30.4 Å². The Kier molecular flexibility index (Phi) is 4.45. The van der Waals surface area contributed by atoms with Crippen LogP contribution in [-0.2, 0) is 4.74 Å². The standard InChI is InChI=1S/C15H20N2O4/c1-10-6-11(2)9-16(8-10)13-5-4-12(15(18)21-3)7-14(13)17(19)20/h4-5,7,10-11H,6,8-9H2,1-3H3/t10-,11-/m1/s1. The summed E-state index contributed by atoms with van der Waals surface area (Å²) < 4.78 is 4.62. The number of carbonyl (C=O) groups is 1. The maximum absolute atomic E-state index is 11.5. The molecule has 0 unspecified atom stereocenters. The van der Waals surface area contributed by atoms with E-state index in [1.807, 2.05) is 4.90 Å². The number of rotatable bonds is 3. The fourth-order valence-electron chi connectivity index (χ4n) is 3.04. The molecule has 0 amide bonds. The van der Waals surface area contributed by atoms with Gasteiger partial charge in [-0.2, -0.15) is 0 Å². The summed E-state index contributed by atoms with van der Waals surface area (Å²) in [4.78, 5) is 24.4. The van der Waals surface area contributed by atoms with Gasteiger partial charge in [-0.25, -0.2) is 4.79 Å². The number of anilines is 1. The fourth-order valence-corrected chi connectivity index (χ4v) is 3.04. The smallest absolute Gasteiger partial charge is 0.338 e. The van der Waals surface area contributed by atoms with Gasteiger partial charge >= 0.3 is 5.97 Å². The number of nitrogens with zero attached hydrogens (tertiary/aromatic N) is 2. The van der Waals surface area contributed by atoms with Gasteiger partial charge in [-0.15, -0.1) is 0 Å². The number of nitro groups is 1. The molecule has 1 aromatic carbocycles. The summed E-state index contributed by atoms with van der Waals surface area (Å²) in [6.07, 6.45) is 1.13. The molecular weight excluding hydrogens is 272 g/mol. The van der Waals surface area contributed by atoms with Crippen molar-refractivity contribution in [2.24, 2.45) is 11.8 Å². The van der Waals surface area contributed by atoms with E-state index in [9.17, 15) is 14.9 Å². The lowest BCUT2D eigenvalue weighted by Crippen LogP contribution is -2.39. The first-order valence-electron chi connectivity index (χ1n) is 7.04. The van der Waals surface area contributed by atoms with Gasteiger partial charge in [-0.3, -0.25) is 10.1 Å². The minimum Gasteiger partial charge on any atom is -0.465 e. The number of ether oxygens (including phenoxy) is 1. The summed E-state index contributed by atoms with van der Waals surface area (Å²) in [5.74, 6) is 0.423. The molecule has 1 fully saturated rings. The van der Waals surface area contributed by atoms with E-state index in [-0.39, 0.29) is 11.3 Å². The van der Waals surface area contributed by atoms with Crippen LogP contribution in [0.5, 0.6) is 0 Å². The molecule has 6 heteroatoms. The molecule has 1 aliphatic rings. The van der Waals surface area contributed by atoms with E-state index >= 15 is 0 Å². The van der Waals surface area contributed by atoms with Gasteiger partial charge < -0.3 is 9.64 Å². The Morgan fingerprint density at radius 3 is 2.48 bits per heavy atom. The lowest BCUT2D eigenvalue weighted by Gasteiger charge is -2.36. The van der Waals surface area contributed by atoms with Crippen molar-refractivity contribution >= 4 is 17.3 Å². The zero-order chi connectivity index (χ0) is 15.6. The molecule has 0 saturated carbocycles. The number of hydrogen-bond acceptors (Lipinski definition) is 5. The van der Waals surface area contributed by atoms with E-state index < -0.39 is 10.9 Å². The molecule has 6 nitrogen and oxygen atoms in total. The van der Waals surface area contributed by atoms with E-state index in [1.54, 1.807) is 12.1 Å². The summed E-state index contributed by atoms with van der Waals surface area (Å²) in [5, 5.41) is 11.3. The zero-order valence-corrected chi connectivity index (χ0v) is 12.5. The van der Waals surface area contributed by atoms with Crippen LogP contribution in [0, 0.1) is 22.0 Å². The predicted molar refractivity (Wildman–Crippen MR) is 79.6 cm³/mol. The quantitative estimate of drug-likeness (QED) is 0.486. The molecule has 0 radical (unpaired) electrons. The summed E-state index contributed by atoms with van der Waals surface area (Å²) in [7, 11) is 1.26.